The molecule has 0 amide bonds. The van der Waals surface area contributed by atoms with Crippen LogP contribution in [-0.2, 0) is 6.54 Å². The monoisotopic (exact) mass is 227 g/mol. The van der Waals surface area contributed by atoms with Crippen molar-refractivity contribution in [3.05, 3.63) is 5.82 Å². The molecule has 0 bridgehead atoms. The van der Waals surface area contributed by atoms with Crippen LogP contribution in [0.4, 0.5) is 0 Å². The van der Waals surface area contributed by atoms with Gasteiger partial charge in [-0.3, -0.25) is 4.90 Å². The van der Waals surface area contributed by atoms with Crippen LogP contribution in [0.1, 0.15) is 19.7 Å². The zero-order valence-corrected chi connectivity index (χ0v) is 10.3. The molecule has 0 saturated heterocycles. The van der Waals surface area contributed by atoms with Crippen LogP contribution in [-0.4, -0.2) is 42.2 Å². The average molecular weight is 227 g/mol. The molecule has 0 radical (unpaired) electrons. The lowest BCUT2D eigenvalue weighted by molar-refractivity contribution is -0.417. The van der Waals surface area contributed by atoms with Gasteiger partial charge in [0.25, 0.3) is 5.82 Å². The fourth-order valence-corrected chi connectivity index (χ4v) is 1.32. The van der Waals surface area contributed by atoms with E-state index in [9.17, 15) is 0 Å². The largest absolute Gasteiger partial charge is 0.444 e. The maximum Gasteiger partial charge on any atom is 0.437 e. The van der Waals surface area contributed by atoms with Crippen LogP contribution in [0.15, 0.2) is 0 Å². The van der Waals surface area contributed by atoms with Crippen LogP contribution in [0, 0.1) is 0 Å². The average Bonchev–Trinajstić information content (AvgIpc) is 2.35. The Balaban J connectivity index is 2.85. The van der Waals surface area contributed by atoms with Gasteiger partial charge in [0.2, 0.25) is 0 Å². The van der Waals surface area contributed by atoms with Gasteiger partial charge < -0.3 is 9.47 Å². The minimum absolute atomic E-state index is 0.411. The van der Waals surface area contributed by atoms with Gasteiger partial charge in [0.05, 0.1) is 20.8 Å². The van der Waals surface area contributed by atoms with Crippen molar-refractivity contribution < 1.29 is 14.5 Å². The van der Waals surface area contributed by atoms with Gasteiger partial charge in [-0.05, 0) is 23.1 Å². The van der Waals surface area contributed by atoms with E-state index in [1.54, 1.807) is 14.2 Å². The minimum Gasteiger partial charge on any atom is -0.444 e. The van der Waals surface area contributed by atoms with E-state index in [0.29, 0.717) is 24.4 Å². The summed E-state index contributed by atoms with van der Waals surface area (Å²) in [6.45, 7) is 6.82. The fourth-order valence-electron chi connectivity index (χ4n) is 1.32. The number of H-pyrrole nitrogens is 1. The third-order valence-electron chi connectivity index (χ3n) is 2.32. The van der Waals surface area contributed by atoms with Gasteiger partial charge in [0, 0.05) is 0 Å². The SMILES string of the molecule is CCN(CC)Cc1nc(OC)[nH+]c(OC)n1. The third-order valence-corrected chi connectivity index (χ3v) is 2.32. The molecule has 1 aromatic rings. The van der Waals surface area contributed by atoms with Crippen molar-refractivity contribution in [3.8, 4) is 12.0 Å². The van der Waals surface area contributed by atoms with Crippen LogP contribution < -0.4 is 14.5 Å². The molecule has 0 atom stereocenters. The molecular formula is C10H19N4O2+. The Hall–Kier alpha value is -1.43. The van der Waals surface area contributed by atoms with Crippen molar-refractivity contribution in [1.29, 1.82) is 0 Å². The summed E-state index contributed by atoms with van der Waals surface area (Å²) in [5, 5.41) is 0. The molecule has 0 saturated carbocycles. The predicted molar refractivity (Wildman–Crippen MR) is 58.3 cm³/mol. The van der Waals surface area contributed by atoms with Crippen LogP contribution in [0.5, 0.6) is 12.0 Å². The van der Waals surface area contributed by atoms with E-state index < -0.39 is 0 Å². The number of nitrogens with one attached hydrogen (secondary N) is 1. The molecule has 6 nitrogen and oxygen atoms in total. The Morgan fingerprint density at radius 2 is 1.56 bits per heavy atom. The summed E-state index contributed by atoms with van der Waals surface area (Å²) in [6.07, 6.45) is 0. The molecule has 1 rings (SSSR count). The Bertz CT molecular complexity index is 306. The van der Waals surface area contributed by atoms with Gasteiger partial charge in [0.1, 0.15) is 0 Å². The first-order valence-electron chi connectivity index (χ1n) is 5.34. The van der Waals surface area contributed by atoms with E-state index in [4.69, 9.17) is 9.47 Å². The highest BCUT2D eigenvalue weighted by Crippen LogP contribution is 2.05. The second-order valence-corrected chi connectivity index (χ2v) is 3.24. The van der Waals surface area contributed by atoms with Crippen LogP contribution in [0.2, 0.25) is 0 Å². The van der Waals surface area contributed by atoms with E-state index in [0.717, 1.165) is 13.1 Å². The van der Waals surface area contributed by atoms with Gasteiger partial charge in [-0.1, -0.05) is 13.8 Å². The second kappa shape index (κ2) is 6.22. The normalized spacial score (nSPS) is 10.6. The Morgan fingerprint density at radius 1 is 1.06 bits per heavy atom. The molecule has 0 aliphatic rings. The molecule has 90 valence electrons. The van der Waals surface area contributed by atoms with E-state index in [1.165, 1.54) is 0 Å². The molecule has 16 heavy (non-hydrogen) atoms. The number of ether oxygens (including phenoxy) is 2. The number of aromatic nitrogens is 3. The van der Waals surface area contributed by atoms with Gasteiger partial charge >= 0.3 is 12.0 Å². The van der Waals surface area contributed by atoms with Crippen LogP contribution in [0.25, 0.3) is 0 Å². The summed E-state index contributed by atoms with van der Waals surface area (Å²) in [4.78, 5) is 13.5. The predicted octanol–water partition coefficient (Wildman–Crippen LogP) is 0.150. The number of aromatic amines is 1. The molecule has 1 N–H and O–H groups in total. The van der Waals surface area contributed by atoms with E-state index >= 15 is 0 Å². The smallest absolute Gasteiger partial charge is 0.437 e. The number of rotatable bonds is 6. The minimum atomic E-state index is 0.411. The quantitative estimate of drug-likeness (QED) is 0.692. The van der Waals surface area contributed by atoms with Gasteiger partial charge in [-0.25, -0.2) is 0 Å². The van der Waals surface area contributed by atoms with E-state index in [1.807, 2.05) is 0 Å². The summed E-state index contributed by atoms with van der Waals surface area (Å²) in [7, 11) is 3.11. The number of hydrogen-bond donors (Lipinski definition) is 0. The molecule has 0 fully saturated rings. The van der Waals surface area contributed by atoms with Gasteiger partial charge in [-0.2, -0.15) is 4.98 Å². The molecule has 0 aromatic carbocycles. The summed E-state index contributed by atoms with van der Waals surface area (Å²) in [6, 6.07) is 0.822. The molecule has 6 heteroatoms. The van der Waals surface area contributed by atoms with Crippen molar-refractivity contribution in [3.63, 3.8) is 0 Å². The Labute approximate surface area is 95.6 Å². The lowest BCUT2D eigenvalue weighted by atomic mass is 10.4. The number of methoxy groups -OCH3 is 2. The maximum absolute atomic E-state index is 5.04. The van der Waals surface area contributed by atoms with Crippen LogP contribution in [0.3, 0.4) is 0 Å². The first kappa shape index (κ1) is 12.6. The Kier molecular flexibility index (Phi) is 4.91. The zero-order chi connectivity index (χ0) is 12.0. The van der Waals surface area contributed by atoms with Crippen LogP contribution >= 0.6 is 0 Å². The second-order valence-electron chi connectivity index (χ2n) is 3.24. The summed E-state index contributed by atoms with van der Waals surface area (Å²) in [5.41, 5.74) is 0. The Morgan fingerprint density at radius 3 is 1.94 bits per heavy atom. The standard InChI is InChI=1S/C10H18N4O2/c1-5-14(6-2)7-8-11-9(15-3)13-10(12-8)16-4/h5-7H2,1-4H3/p+1. The van der Waals surface area contributed by atoms with Crippen molar-refractivity contribution >= 4 is 0 Å². The highest BCUT2D eigenvalue weighted by Gasteiger charge is 2.17. The van der Waals surface area contributed by atoms with Gasteiger partial charge in [-0.15, -0.1) is 0 Å². The third kappa shape index (κ3) is 3.30. The molecule has 0 aliphatic heterocycles. The lowest BCUT2D eigenvalue weighted by Crippen LogP contribution is -2.25. The number of hydrogen-bond acceptors (Lipinski definition) is 5. The molecule has 1 aromatic heterocycles. The van der Waals surface area contributed by atoms with E-state index in [-0.39, 0.29) is 0 Å². The molecular weight excluding hydrogens is 208 g/mol. The molecule has 1 heterocycles. The summed E-state index contributed by atoms with van der Waals surface area (Å²) in [5.74, 6) is 0.691. The lowest BCUT2D eigenvalue weighted by Gasteiger charge is -2.14. The maximum atomic E-state index is 5.04. The molecule has 0 unspecified atom stereocenters. The molecule has 0 aliphatic carbocycles. The van der Waals surface area contributed by atoms with Crippen molar-refractivity contribution in [2.45, 2.75) is 20.4 Å². The van der Waals surface area contributed by atoms with Crippen molar-refractivity contribution in [2.24, 2.45) is 0 Å². The first-order valence-corrected chi connectivity index (χ1v) is 5.34. The topological polar surface area (TPSA) is 61.6 Å². The van der Waals surface area contributed by atoms with E-state index in [2.05, 4.69) is 33.7 Å². The zero-order valence-electron chi connectivity index (χ0n) is 10.3. The summed E-state index contributed by atoms with van der Waals surface area (Å²) >= 11 is 0. The van der Waals surface area contributed by atoms with Crippen molar-refractivity contribution in [1.82, 2.24) is 14.9 Å². The van der Waals surface area contributed by atoms with Crippen molar-refractivity contribution in [2.75, 3.05) is 27.3 Å². The van der Waals surface area contributed by atoms with Gasteiger partial charge in [0.15, 0.2) is 0 Å². The number of nitrogens with zero attached hydrogens (tertiary/aromatic N) is 3. The first-order chi connectivity index (χ1) is 7.73. The summed E-state index contributed by atoms with van der Waals surface area (Å²) < 4.78 is 10.1. The highest BCUT2D eigenvalue weighted by atomic mass is 16.5. The molecule has 0 spiro atoms. The fraction of sp³-hybridized carbons (Fsp3) is 0.700. The highest BCUT2D eigenvalue weighted by molar-refractivity contribution is 4.95.